The molecule has 23 heavy (non-hydrogen) atoms. The fourth-order valence-electron chi connectivity index (χ4n) is 2.42. The van der Waals surface area contributed by atoms with E-state index < -0.39 is 0 Å². The zero-order valence-corrected chi connectivity index (χ0v) is 14.9. The molecular weight excluding hydrogens is 326 g/mol. The molecule has 0 atom stereocenters. The van der Waals surface area contributed by atoms with Gasteiger partial charge in [0.05, 0.1) is 0 Å². The predicted octanol–water partition coefficient (Wildman–Crippen LogP) is 5.04. The summed E-state index contributed by atoms with van der Waals surface area (Å²) in [5.41, 5.74) is 4.90. The van der Waals surface area contributed by atoms with Crippen LogP contribution in [0, 0.1) is 13.8 Å². The smallest absolute Gasteiger partial charge is 0.191 e. The van der Waals surface area contributed by atoms with Crippen LogP contribution in [0.3, 0.4) is 0 Å². The molecule has 0 aliphatic heterocycles. The molecule has 1 heterocycles. The van der Waals surface area contributed by atoms with Crippen LogP contribution in [0.1, 0.15) is 16.7 Å². The van der Waals surface area contributed by atoms with E-state index in [4.69, 9.17) is 11.6 Å². The number of nitrogens with zero attached hydrogens (tertiary/aromatic N) is 3. The SMILES string of the molecule is Cc1ccc(C)c(CSc2nnc(-c3cccc(Cl)c3)n2C)c1. The summed E-state index contributed by atoms with van der Waals surface area (Å²) in [6, 6.07) is 14.2. The van der Waals surface area contributed by atoms with Gasteiger partial charge in [0.1, 0.15) is 0 Å². The van der Waals surface area contributed by atoms with Gasteiger partial charge in [0, 0.05) is 23.4 Å². The van der Waals surface area contributed by atoms with Crippen LogP contribution in [-0.4, -0.2) is 14.8 Å². The Balaban J connectivity index is 1.81. The van der Waals surface area contributed by atoms with Crippen molar-refractivity contribution in [3.63, 3.8) is 0 Å². The lowest BCUT2D eigenvalue weighted by Gasteiger charge is -2.07. The Hall–Kier alpha value is -1.78. The molecule has 3 aromatic rings. The summed E-state index contributed by atoms with van der Waals surface area (Å²) in [7, 11) is 1.99. The Morgan fingerprint density at radius 1 is 1.09 bits per heavy atom. The second-order valence-electron chi connectivity index (χ2n) is 5.59. The highest BCUT2D eigenvalue weighted by Crippen LogP contribution is 2.27. The van der Waals surface area contributed by atoms with Crippen LogP contribution in [0.4, 0.5) is 0 Å². The van der Waals surface area contributed by atoms with Gasteiger partial charge in [0.25, 0.3) is 0 Å². The first kappa shape index (κ1) is 16.1. The minimum Gasteiger partial charge on any atom is -0.305 e. The van der Waals surface area contributed by atoms with Crippen molar-refractivity contribution in [3.05, 3.63) is 64.2 Å². The van der Waals surface area contributed by atoms with Gasteiger partial charge in [0.2, 0.25) is 0 Å². The van der Waals surface area contributed by atoms with Crippen LogP contribution in [0.15, 0.2) is 47.6 Å². The molecule has 0 unspecified atom stereocenters. The van der Waals surface area contributed by atoms with Gasteiger partial charge in [-0.3, -0.25) is 0 Å². The van der Waals surface area contributed by atoms with Gasteiger partial charge in [-0.2, -0.15) is 0 Å². The molecule has 0 N–H and O–H groups in total. The molecule has 0 radical (unpaired) electrons. The summed E-state index contributed by atoms with van der Waals surface area (Å²) in [5, 5.41) is 10.2. The van der Waals surface area contributed by atoms with Crippen LogP contribution >= 0.6 is 23.4 Å². The highest BCUT2D eigenvalue weighted by Gasteiger charge is 2.12. The van der Waals surface area contributed by atoms with Crippen LogP contribution in [0.25, 0.3) is 11.4 Å². The number of hydrogen-bond donors (Lipinski definition) is 0. The zero-order chi connectivity index (χ0) is 16.4. The van der Waals surface area contributed by atoms with E-state index in [-0.39, 0.29) is 0 Å². The van der Waals surface area contributed by atoms with Gasteiger partial charge in [-0.15, -0.1) is 10.2 Å². The number of hydrogen-bond acceptors (Lipinski definition) is 3. The normalized spacial score (nSPS) is 11.0. The average molecular weight is 344 g/mol. The lowest BCUT2D eigenvalue weighted by Crippen LogP contribution is -1.95. The van der Waals surface area contributed by atoms with Crippen molar-refractivity contribution in [2.24, 2.45) is 7.05 Å². The number of thioether (sulfide) groups is 1. The third kappa shape index (κ3) is 3.59. The third-order valence-corrected chi connectivity index (χ3v) is 5.08. The fraction of sp³-hybridized carbons (Fsp3) is 0.222. The van der Waals surface area contributed by atoms with E-state index in [1.54, 1.807) is 11.8 Å². The lowest BCUT2D eigenvalue weighted by atomic mass is 10.1. The van der Waals surface area contributed by atoms with Gasteiger partial charge in [0.15, 0.2) is 11.0 Å². The molecule has 0 spiro atoms. The predicted molar refractivity (Wildman–Crippen MR) is 96.9 cm³/mol. The van der Waals surface area contributed by atoms with E-state index in [2.05, 4.69) is 42.2 Å². The van der Waals surface area contributed by atoms with Crippen LogP contribution < -0.4 is 0 Å². The molecule has 1 aromatic heterocycles. The van der Waals surface area contributed by atoms with Crippen LogP contribution in [0.5, 0.6) is 0 Å². The van der Waals surface area contributed by atoms with E-state index in [0.29, 0.717) is 5.02 Å². The first-order valence-electron chi connectivity index (χ1n) is 7.39. The van der Waals surface area contributed by atoms with Gasteiger partial charge in [-0.05, 0) is 37.1 Å². The third-order valence-electron chi connectivity index (χ3n) is 3.78. The van der Waals surface area contributed by atoms with E-state index in [0.717, 1.165) is 22.3 Å². The topological polar surface area (TPSA) is 30.7 Å². The first-order chi connectivity index (χ1) is 11.0. The standard InChI is InChI=1S/C18H18ClN3S/c1-12-7-8-13(2)15(9-12)11-23-18-21-20-17(22(18)3)14-5-4-6-16(19)10-14/h4-10H,11H2,1-3H3. The highest BCUT2D eigenvalue weighted by atomic mass is 35.5. The quantitative estimate of drug-likeness (QED) is 0.621. The minimum atomic E-state index is 0.704. The Bertz CT molecular complexity index is 842. The number of aromatic nitrogens is 3. The van der Waals surface area contributed by atoms with Gasteiger partial charge in [-0.1, -0.05) is 59.3 Å². The van der Waals surface area contributed by atoms with Crippen molar-refractivity contribution < 1.29 is 0 Å². The molecule has 0 saturated heterocycles. The second-order valence-corrected chi connectivity index (χ2v) is 6.97. The number of rotatable bonds is 4. The van der Waals surface area contributed by atoms with E-state index in [1.807, 2.05) is 35.9 Å². The maximum absolute atomic E-state index is 6.06. The van der Waals surface area contributed by atoms with Crippen molar-refractivity contribution in [2.45, 2.75) is 24.8 Å². The highest BCUT2D eigenvalue weighted by molar-refractivity contribution is 7.98. The number of aryl methyl sites for hydroxylation is 2. The Morgan fingerprint density at radius 2 is 1.91 bits per heavy atom. The first-order valence-corrected chi connectivity index (χ1v) is 8.75. The summed E-state index contributed by atoms with van der Waals surface area (Å²) >= 11 is 7.76. The lowest BCUT2D eigenvalue weighted by molar-refractivity contribution is 0.793. The van der Waals surface area contributed by atoms with Crippen molar-refractivity contribution in [3.8, 4) is 11.4 Å². The molecule has 0 saturated carbocycles. The summed E-state index contributed by atoms with van der Waals surface area (Å²) in [6.45, 7) is 4.26. The van der Waals surface area contributed by atoms with Crippen molar-refractivity contribution in [2.75, 3.05) is 0 Å². The molecule has 5 heteroatoms. The van der Waals surface area contributed by atoms with Crippen molar-refractivity contribution >= 4 is 23.4 Å². The van der Waals surface area contributed by atoms with Crippen LogP contribution in [-0.2, 0) is 12.8 Å². The maximum Gasteiger partial charge on any atom is 0.191 e. The molecule has 0 bridgehead atoms. The van der Waals surface area contributed by atoms with Gasteiger partial charge in [-0.25, -0.2) is 0 Å². The van der Waals surface area contributed by atoms with E-state index in [9.17, 15) is 0 Å². The van der Waals surface area contributed by atoms with E-state index >= 15 is 0 Å². The van der Waals surface area contributed by atoms with Crippen LogP contribution in [0.2, 0.25) is 5.02 Å². The summed E-state index contributed by atoms with van der Waals surface area (Å²) in [6.07, 6.45) is 0. The Labute approximate surface area is 145 Å². The molecule has 2 aromatic carbocycles. The van der Waals surface area contributed by atoms with Gasteiger partial charge >= 0.3 is 0 Å². The van der Waals surface area contributed by atoms with Gasteiger partial charge < -0.3 is 4.57 Å². The summed E-state index contributed by atoms with van der Waals surface area (Å²) in [5.74, 6) is 1.71. The Morgan fingerprint density at radius 3 is 2.70 bits per heavy atom. The van der Waals surface area contributed by atoms with Crippen molar-refractivity contribution in [1.29, 1.82) is 0 Å². The maximum atomic E-state index is 6.06. The monoisotopic (exact) mass is 343 g/mol. The molecule has 0 amide bonds. The average Bonchev–Trinajstić information content (AvgIpc) is 2.89. The molecular formula is C18H18ClN3S. The number of benzene rings is 2. The zero-order valence-electron chi connectivity index (χ0n) is 13.4. The molecule has 0 fully saturated rings. The van der Waals surface area contributed by atoms with Crippen molar-refractivity contribution in [1.82, 2.24) is 14.8 Å². The number of halogens is 1. The molecule has 0 aliphatic rings. The molecule has 3 nitrogen and oxygen atoms in total. The fourth-order valence-corrected chi connectivity index (χ4v) is 3.58. The molecule has 3 rings (SSSR count). The largest absolute Gasteiger partial charge is 0.305 e. The summed E-state index contributed by atoms with van der Waals surface area (Å²) in [4.78, 5) is 0. The minimum absolute atomic E-state index is 0.704. The molecule has 0 aliphatic carbocycles. The van der Waals surface area contributed by atoms with E-state index in [1.165, 1.54) is 16.7 Å². The molecule has 118 valence electrons. The summed E-state index contributed by atoms with van der Waals surface area (Å²) < 4.78 is 2.02. The Kier molecular flexibility index (Phi) is 4.74. The second kappa shape index (κ2) is 6.77.